The van der Waals surface area contributed by atoms with Crippen LogP contribution >= 0.6 is 0 Å². The lowest BCUT2D eigenvalue weighted by Crippen LogP contribution is -2.18. The van der Waals surface area contributed by atoms with Gasteiger partial charge in [-0.05, 0) is 41.7 Å². The summed E-state index contributed by atoms with van der Waals surface area (Å²) in [4.78, 5) is 0. The molecule has 0 spiro atoms. The van der Waals surface area contributed by atoms with Crippen LogP contribution in [-0.4, -0.2) is 4.57 Å². The Hall–Kier alpha value is -0.760. The Bertz CT molecular complexity index is 439. The van der Waals surface area contributed by atoms with Gasteiger partial charge in [0.05, 0.1) is 0 Å². The van der Waals surface area contributed by atoms with Crippen molar-refractivity contribution in [3.8, 4) is 0 Å². The smallest absolute Gasteiger partial charge is 0.0447 e. The van der Waals surface area contributed by atoms with Crippen molar-refractivity contribution in [2.45, 2.75) is 59.0 Å². The highest BCUT2D eigenvalue weighted by atomic mass is 15.1. The molecule has 1 fully saturated rings. The molecule has 1 aromatic heterocycles. The van der Waals surface area contributed by atoms with E-state index in [4.69, 9.17) is 5.73 Å². The van der Waals surface area contributed by atoms with Crippen LogP contribution in [0.5, 0.6) is 0 Å². The lowest BCUT2D eigenvalue weighted by molar-refractivity contribution is 0.457. The van der Waals surface area contributed by atoms with Gasteiger partial charge in [-0.25, -0.2) is 0 Å². The molecular formula is C15H24N2. The van der Waals surface area contributed by atoms with Gasteiger partial charge in [0.25, 0.3) is 0 Å². The van der Waals surface area contributed by atoms with Gasteiger partial charge in [0.2, 0.25) is 0 Å². The number of aromatic nitrogens is 1. The molecule has 2 N–H and O–H groups in total. The molecule has 0 aromatic carbocycles. The predicted octanol–water partition coefficient (Wildman–Crippen LogP) is 3.43. The van der Waals surface area contributed by atoms with Crippen molar-refractivity contribution in [1.82, 2.24) is 4.57 Å². The second kappa shape index (κ2) is 3.17. The SMILES string of the molecule is CC1(C)C(n2ccc3c2CCCC3N)C1(C)C. The lowest BCUT2D eigenvalue weighted by Gasteiger charge is -2.21. The summed E-state index contributed by atoms with van der Waals surface area (Å²) in [5.74, 6) is 0. The highest BCUT2D eigenvalue weighted by molar-refractivity contribution is 5.32. The highest BCUT2D eigenvalue weighted by Crippen LogP contribution is 2.71. The van der Waals surface area contributed by atoms with Gasteiger partial charge in [0.15, 0.2) is 0 Å². The van der Waals surface area contributed by atoms with E-state index in [2.05, 4.69) is 44.5 Å². The summed E-state index contributed by atoms with van der Waals surface area (Å²) < 4.78 is 2.52. The largest absolute Gasteiger partial charge is 0.347 e. The van der Waals surface area contributed by atoms with Gasteiger partial charge < -0.3 is 10.3 Å². The summed E-state index contributed by atoms with van der Waals surface area (Å²) in [6.07, 6.45) is 5.87. The minimum atomic E-state index is 0.268. The van der Waals surface area contributed by atoms with Crippen LogP contribution < -0.4 is 5.73 Å². The van der Waals surface area contributed by atoms with Crippen LogP contribution in [0, 0.1) is 10.8 Å². The molecule has 2 aliphatic carbocycles. The topological polar surface area (TPSA) is 30.9 Å². The van der Waals surface area contributed by atoms with Crippen molar-refractivity contribution in [3.05, 3.63) is 23.5 Å². The van der Waals surface area contributed by atoms with Gasteiger partial charge in [-0.2, -0.15) is 0 Å². The van der Waals surface area contributed by atoms with Crippen molar-refractivity contribution in [2.75, 3.05) is 0 Å². The minimum Gasteiger partial charge on any atom is -0.347 e. The summed E-state index contributed by atoms with van der Waals surface area (Å²) in [5.41, 5.74) is 9.92. The van der Waals surface area contributed by atoms with Crippen LogP contribution in [0.2, 0.25) is 0 Å². The number of nitrogens with two attached hydrogens (primary N) is 1. The zero-order valence-corrected chi connectivity index (χ0v) is 11.5. The molecule has 2 heteroatoms. The zero-order valence-electron chi connectivity index (χ0n) is 11.5. The third kappa shape index (κ3) is 1.31. The molecule has 0 radical (unpaired) electrons. The first-order chi connectivity index (χ1) is 7.87. The van der Waals surface area contributed by atoms with Crippen LogP contribution in [0.4, 0.5) is 0 Å². The Balaban J connectivity index is 2.02. The van der Waals surface area contributed by atoms with E-state index in [1.165, 1.54) is 24.1 Å². The fraction of sp³-hybridized carbons (Fsp3) is 0.733. The standard InChI is InChI=1S/C15H24N2/c1-14(2)13(15(14,3)4)17-9-8-10-11(16)6-5-7-12(10)17/h8-9,11,13H,5-7,16H2,1-4H3. The summed E-state index contributed by atoms with van der Waals surface area (Å²) in [6, 6.07) is 3.16. The van der Waals surface area contributed by atoms with Crippen LogP contribution in [-0.2, 0) is 6.42 Å². The second-order valence-electron chi connectivity index (χ2n) is 6.97. The quantitative estimate of drug-likeness (QED) is 0.790. The maximum Gasteiger partial charge on any atom is 0.0447 e. The van der Waals surface area contributed by atoms with Crippen molar-refractivity contribution in [1.29, 1.82) is 0 Å². The van der Waals surface area contributed by atoms with Crippen LogP contribution in [0.1, 0.15) is 63.9 Å². The van der Waals surface area contributed by atoms with E-state index in [1.54, 1.807) is 0 Å². The normalized spacial score (nSPS) is 30.1. The van der Waals surface area contributed by atoms with Crippen molar-refractivity contribution >= 4 is 0 Å². The molecule has 0 amide bonds. The molecule has 1 aromatic rings. The van der Waals surface area contributed by atoms with Gasteiger partial charge in [-0.15, -0.1) is 0 Å². The molecule has 17 heavy (non-hydrogen) atoms. The molecule has 3 rings (SSSR count). The Labute approximate surface area is 104 Å². The molecule has 2 aliphatic rings. The van der Waals surface area contributed by atoms with Crippen LogP contribution in [0.3, 0.4) is 0 Å². The summed E-state index contributed by atoms with van der Waals surface area (Å²) >= 11 is 0. The van der Waals surface area contributed by atoms with E-state index >= 15 is 0 Å². The molecule has 0 bridgehead atoms. The highest BCUT2D eigenvalue weighted by Gasteiger charge is 2.66. The molecule has 1 unspecified atom stereocenters. The van der Waals surface area contributed by atoms with Crippen molar-refractivity contribution in [3.63, 3.8) is 0 Å². The Morgan fingerprint density at radius 2 is 1.88 bits per heavy atom. The molecule has 1 saturated carbocycles. The first-order valence-electron chi connectivity index (χ1n) is 6.82. The van der Waals surface area contributed by atoms with E-state index < -0.39 is 0 Å². The maximum absolute atomic E-state index is 6.20. The van der Waals surface area contributed by atoms with Gasteiger partial charge in [-0.1, -0.05) is 27.7 Å². The molecule has 1 heterocycles. The minimum absolute atomic E-state index is 0.268. The fourth-order valence-corrected chi connectivity index (χ4v) is 3.85. The summed E-state index contributed by atoms with van der Waals surface area (Å²) in [7, 11) is 0. The van der Waals surface area contributed by atoms with Gasteiger partial charge in [-0.3, -0.25) is 0 Å². The van der Waals surface area contributed by atoms with E-state index in [1.807, 2.05) is 0 Å². The molecule has 2 nitrogen and oxygen atoms in total. The molecule has 1 atom stereocenters. The van der Waals surface area contributed by atoms with E-state index in [9.17, 15) is 0 Å². The first kappa shape index (κ1) is 11.3. The summed E-state index contributed by atoms with van der Waals surface area (Å²) in [6.45, 7) is 9.53. The Kier molecular flexibility index (Phi) is 2.11. The number of fused-ring (bicyclic) bond motifs is 1. The van der Waals surface area contributed by atoms with E-state index in [-0.39, 0.29) is 6.04 Å². The molecule has 0 saturated heterocycles. The van der Waals surface area contributed by atoms with E-state index in [0.717, 1.165) is 6.42 Å². The Morgan fingerprint density at radius 1 is 1.24 bits per heavy atom. The lowest BCUT2D eigenvalue weighted by atomic mass is 9.93. The Morgan fingerprint density at radius 3 is 2.47 bits per heavy atom. The second-order valence-corrected chi connectivity index (χ2v) is 6.97. The average Bonchev–Trinajstić information content (AvgIpc) is 2.60. The zero-order chi connectivity index (χ0) is 12.4. The fourth-order valence-electron chi connectivity index (χ4n) is 3.85. The molecule has 94 valence electrons. The number of nitrogens with zero attached hydrogens (tertiary/aromatic N) is 1. The van der Waals surface area contributed by atoms with Crippen molar-refractivity contribution < 1.29 is 0 Å². The average molecular weight is 232 g/mol. The number of rotatable bonds is 1. The van der Waals surface area contributed by atoms with Gasteiger partial charge in [0, 0.05) is 24.0 Å². The summed E-state index contributed by atoms with van der Waals surface area (Å²) in [5, 5.41) is 0. The number of hydrogen-bond acceptors (Lipinski definition) is 1. The molecule has 0 aliphatic heterocycles. The third-order valence-corrected chi connectivity index (χ3v) is 5.61. The van der Waals surface area contributed by atoms with Crippen LogP contribution in [0.25, 0.3) is 0 Å². The van der Waals surface area contributed by atoms with E-state index in [0.29, 0.717) is 16.9 Å². The van der Waals surface area contributed by atoms with Gasteiger partial charge in [0.1, 0.15) is 0 Å². The van der Waals surface area contributed by atoms with Crippen molar-refractivity contribution in [2.24, 2.45) is 16.6 Å². The number of hydrogen-bond donors (Lipinski definition) is 1. The van der Waals surface area contributed by atoms with Gasteiger partial charge >= 0.3 is 0 Å². The monoisotopic (exact) mass is 232 g/mol. The predicted molar refractivity (Wildman–Crippen MR) is 70.9 cm³/mol. The third-order valence-electron chi connectivity index (χ3n) is 5.61. The molecular weight excluding hydrogens is 208 g/mol. The maximum atomic E-state index is 6.20. The van der Waals surface area contributed by atoms with Crippen LogP contribution in [0.15, 0.2) is 12.3 Å². The first-order valence-corrected chi connectivity index (χ1v) is 6.82.